The minimum atomic E-state index is -0.130. The SMILES string of the molecule is CCCCCCCc1ccc(-c2c(C)[nH]c(C)c(Cl)c2=O)cn1. The van der Waals surface area contributed by atoms with Crippen LogP contribution in [0.1, 0.15) is 56.1 Å². The summed E-state index contributed by atoms with van der Waals surface area (Å²) in [7, 11) is 0. The molecule has 0 unspecified atom stereocenters. The van der Waals surface area contributed by atoms with Gasteiger partial charge < -0.3 is 4.98 Å². The Hall–Kier alpha value is -1.61. The van der Waals surface area contributed by atoms with Crippen LogP contribution in [0.5, 0.6) is 0 Å². The minimum Gasteiger partial charge on any atom is -0.361 e. The number of halogens is 1. The van der Waals surface area contributed by atoms with E-state index in [-0.39, 0.29) is 10.5 Å². The van der Waals surface area contributed by atoms with E-state index < -0.39 is 0 Å². The summed E-state index contributed by atoms with van der Waals surface area (Å²) < 4.78 is 0. The van der Waals surface area contributed by atoms with Gasteiger partial charge in [0.1, 0.15) is 5.02 Å². The van der Waals surface area contributed by atoms with Crippen molar-refractivity contribution < 1.29 is 0 Å². The minimum absolute atomic E-state index is 0.130. The quantitative estimate of drug-likeness (QED) is 0.706. The van der Waals surface area contributed by atoms with Crippen molar-refractivity contribution in [2.45, 2.75) is 59.3 Å². The van der Waals surface area contributed by atoms with Crippen LogP contribution in [0.4, 0.5) is 0 Å². The Kier molecular flexibility index (Phi) is 6.40. The molecule has 3 nitrogen and oxygen atoms in total. The number of aromatic nitrogens is 2. The Bertz CT molecular complexity index is 705. The summed E-state index contributed by atoms with van der Waals surface area (Å²) in [4.78, 5) is 20.1. The van der Waals surface area contributed by atoms with Gasteiger partial charge in [-0.25, -0.2) is 0 Å². The Morgan fingerprint density at radius 3 is 2.48 bits per heavy atom. The zero-order valence-electron chi connectivity index (χ0n) is 14.2. The Labute approximate surface area is 143 Å². The van der Waals surface area contributed by atoms with Crippen molar-refractivity contribution in [3.63, 3.8) is 0 Å². The third-order valence-electron chi connectivity index (χ3n) is 4.16. The number of hydrogen-bond donors (Lipinski definition) is 1. The summed E-state index contributed by atoms with van der Waals surface area (Å²) in [6.07, 6.45) is 9.07. The molecule has 4 heteroatoms. The highest BCUT2D eigenvalue weighted by molar-refractivity contribution is 6.31. The number of nitrogens with zero attached hydrogens (tertiary/aromatic N) is 1. The van der Waals surface area contributed by atoms with Gasteiger partial charge in [0.2, 0.25) is 5.43 Å². The van der Waals surface area contributed by atoms with Crippen LogP contribution < -0.4 is 5.43 Å². The van der Waals surface area contributed by atoms with Crippen LogP contribution in [0.25, 0.3) is 11.1 Å². The molecule has 124 valence electrons. The van der Waals surface area contributed by atoms with Gasteiger partial charge in [-0.05, 0) is 32.8 Å². The number of nitrogens with one attached hydrogen (secondary N) is 1. The highest BCUT2D eigenvalue weighted by Crippen LogP contribution is 2.21. The molecule has 0 aliphatic rings. The van der Waals surface area contributed by atoms with Crippen LogP contribution in [0.2, 0.25) is 5.02 Å². The molecule has 2 aromatic heterocycles. The second-order valence-electron chi connectivity index (χ2n) is 6.10. The summed E-state index contributed by atoms with van der Waals surface area (Å²) in [5.74, 6) is 0. The molecule has 0 saturated carbocycles. The molecule has 0 aromatic carbocycles. The van der Waals surface area contributed by atoms with Gasteiger partial charge in [0.15, 0.2) is 0 Å². The van der Waals surface area contributed by atoms with E-state index in [9.17, 15) is 4.79 Å². The number of H-pyrrole nitrogens is 1. The molecule has 0 spiro atoms. The average molecular weight is 333 g/mol. The van der Waals surface area contributed by atoms with Crippen LogP contribution in [-0.2, 0) is 6.42 Å². The van der Waals surface area contributed by atoms with Crippen LogP contribution in [0.15, 0.2) is 23.1 Å². The fourth-order valence-electron chi connectivity index (χ4n) is 2.83. The van der Waals surface area contributed by atoms with Gasteiger partial charge >= 0.3 is 0 Å². The molecule has 1 N–H and O–H groups in total. The molecule has 0 bridgehead atoms. The standard InChI is InChI=1S/C19H25ClN2O/c1-4-5-6-7-8-9-16-11-10-15(12-21-16)17-13(2)22-14(3)18(20)19(17)23/h10-12H,4-9H2,1-3H3,(H,22,23). The van der Waals surface area contributed by atoms with Crippen molar-refractivity contribution in [1.29, 1.82) is 0 Å². The maximum Gasteiger partial charge on any atom is 0.208 e. The van der Waals surface area contributed by atoms with Crippen LogP contribution in [0.3, 0.4) is 0 Å². The summed E-state index contributed by atoms with van der Waals surface area (Å²) in [5, 5.41) is 0.255. The molecular weight excluding hydrogens is 308 g/mol. The lowest BCUT2D eigenvalue weighted by atomic mass is 10.0. The highest BCUT2D eigenvalue weighted by Gasteiger charge is 2.13. The highest BCUT2D eigenvalue weighted by atomic mass is 35.5. The number of rotatable bonds is 7. The van der Waals surface area contributed by atoms with E-state index in [1.165, 1.54) is 32.1 Å². The van der Waals surface area contributed by atoms with E-state index in [4.69, 9.17) is 11.6 Å². The fraction of sp³-hybridized carbons (Fsp3) is 0.474. The van der Waals surface area contributed by atoms with Crippen molar-refractivity contribution in [2.75, 3.05) is 0 Å². The van der Waals surface area contributed by atoms with E-state index in [0.717, 1.165) is 23.4 Å². The molecule has 2 rings (SSSR count). The molecule has 2 aromatic rings. The third kappa shape index (κ3) is 4.44. The molecule has 23 heavy (non-hydrogen) atoms. The van der Waals surface area contributed by atoms with Crippen molar-refractivity contribution in [3.8, 4) is 11.1 Å². The van der Waals surface area contributed by atoms with Gasteiger partial charge in [0, 0.05) is 28.8 Å². The third-order valence-corrected chi connectivity index (χ3v) is 4.61. The maximum atomic E-state index is 12.4. The van der Waals surface area contributed by atoms with Crippen LogP contribution >= 0.6 is 11.6 Å². The number of aromatic amines is 1. The molecule has 0 atom stereocenters. The van der Waals surface area contributed by atoms with Gasteiger partial charge in [-0.15, -0.1) is 0 Å². The van der Waals surface area contributed by atoms with Crippen molar-refractivity contribution in [1.82, 2.24) is 9.97 Å². The van der Waals surface area contributed by atoms with Gasteiger partial charge in [-0.3, -0.25) is 9.78 Å². The van der Waals surface area contributed by atoms with Gasteiger partial charge in [-0.1, -0.05) is 50.3 Å². The fourth-order valence-corrected chi connectivity index (χ4v) is 2.97. The predicted octanol–water partition coefficient (Wildman–Crippen LogP) is 5.22. The average Bonchev–Trinajstić information content (AvgIpc) is 2.54. The Balaban J connectivity index is 2.11. The Morgan fingerprint density at radius 1 is 1.09 bits per heavy atom. The van der Waals surface area contributed by atoms with Crippen molar-refractivity contribution >= 4 is 11.6 Å². The lowest BCUT2D eigenvalue weighted by molar-refractivity contribution is 0.628. The first-order chi connectivity index (χ1) is 11.0. The van der Waals surface area contributed by atoms with E-state index >= 15 is 0 Å². The second-order valence-corrected chi connectivity index (χ2v) is 6.47. The lowest BCUT2D eigenvalue weighted by Crippen LogP contribution is -2.11. The molecule has 0 amide bonds. The predicted molar refractivity (Wildman–Crippen MR) is 97.2 cm³/mol. The van der Waals surface area contributed by atoms with E-state index in [2.05, 4.69) is 16.9 Å². The van der Waals surface area contributed by atoms with E-state index in [1.807, 2.05) is 19.1 Å². The molecule has 0 aliphatic carbocycles. The van der Waals surface area contributed by atoms with Crippen molar-refractivity contribution in [2.24, 2.45) is 0 Å². The summed E-state index contributed by atoms with van der Waals surface area (Å²) >= 11 is 6.08. The first-order valence-corrected chi connectivity index (χ1v) is 8.76. The largest absolute Gasteiger partial charge is 0.361 e. The van der Waals surface area contributed by atoms with Gasteiger partial charge in [0.25, 0.3) is 0 Å². The summed E-state index contributed by atoms with van der Waals surface area (Å²) in [6, 6.07) is 3.99. The Morgan fingerprint density at radius 2 is 1.83 bits per heavy atom. The first kappa shape index (κ1) is 17.7. The van der Waals surface area contributed by atoms with E-state index in [0.29, 0.717) is 11.3 Å². The number of pyridine rings is 2. The topological polar surface area (TPSA) is 45.8 Å². The van der Waals surface area contributed by atoms with Crippen molar-refractivity contribution in [3.05, 3.63) is 50.7 Å². The smallest absolute Gasteiger partial charge is 0.208 e. The zero-order valence-corrected chi connectivity index (χ0v) is 15.0. The molecule has 2 heterocycles. The number of hydrogen-bond acceptors (Lipinski definition) is 2. The molecule has 0 aliphatic heterocycles. The van der Waals surface area contributed by atoms with Crippen LogP contribution in [0, 0.1) is 13.8 Å². The normalized spacial score (nSPS) is 11.0. The lowest BCUT2D eigenvalue weighted by Gasteiger charge is -2.09. The number of unbranched alkanes of at least 4 members (excludes halogenated alkanes) is 4. The maximum absolute atomic E-state index is 12.4. The van der Waals surface area contributed by atoms with Gasteiger partial charge in [-0.2, -0.15) is 0 Å². The van der Waals surface area contributed by atoms with Crippen LogP contribution in [-0.4, -0.2) is 9.97 Å². The zero-order chi connectivity index (χ0) is 16.8. The van der Waals surface area contributed by atoms with Gasteiger partial charge in [0.05, 0.1) is 5.56 Å². The molecule has 0 fully saturated rings. The first-order valence-electron chi connectivity index (χ1n) is 8.38. The monoisotopic (exact) mass is 332 g/mol. The molecule has 0 radical (unpaired) electrons. The van der Waals surface area contributed by atoms with E-state index in [1.54, 1.807) is 13.1 Å². The summed E-state index contributed by atoms with van der Waals surface area (Å²) in [5.41, 5.74) is 3.91. The number of aryl methyl sites for hydroxylation is 3. The summed E-state index contributed by atoms with van der Waals surface area (Å²) in [6.45, 7) is 5.92. The molecule has 0 saturated heterocycles. The molecular formula is C19H25ClN2O. The second kappa shape index (κ2) is 8.30.